The molecule has 2 nitrogen and oxygen atoms in total. The third kappa shape index (κ3) is 7.68. The first-order valence-electron chi connectivity index (χ1n) is 19.6. The fraction of sp³-hybridized carbons (Fsp3) is 0.375. The summed E-state index contributed by atoms with van der Waals surface area (Å²) in [5.74, 6) is 0. The predicted octanol–water partition coefficient (Wildman–Crippen LogP) is 13.7. The fourth-order valence-electron chi connectivity index (χ4n) is 7.84. The second kappa shape index (κ2) is 16.8. The van der Waals surface area contributed by atoms with E-state index in [4.69, 9.17) is 9.47 Å². The number of benzene rings is 7. The smallest absolute Gasteiger partial charge is 0.0466 e. The van der Waals surface area contributed by atoms with Crippen LogP contribution in [0.1, 0.15) is 89.2 Å². The van der Waals surface area contributed by atoms with E-state index in [2.05, 4.69) is 111 Å². The van der Waals surface area contributed by atoms with Crippen LogP contribution in [0.5, 0.6) is 0 Å². The van der Waals surface area contributed by atoms with Gasteiger partial charge in [0.15, 0.2) is 0 Å². The lowest BCUT2D eigenvalue weighted by Gasteiger charge is -2.13. The normalized spacial score (nSPS) is 12.0. The van der Waals surface area contributed by atoms with Crippen LogP contribution in [-0.2, 0) is 22.3 Å². The van der Waals surface area contributed by atoms with Crippen molar-refractivity contribution in [3.63, 3.8) is 0 Å². The molecule has 7 rings (SSSR count). The highest BCUT2D eigenvalue weighted by molar-refractivity contribution is 6.26. The molecule has 0 aliphatic heterocycles. The maximum absolute atomic E-state index is 5.76. The lowest BCUT2D eigenvalue weighted by molar-refractivity contribution is 0.127. The Morgan fingerprint density at radius 1 is 0.320 bits per heavy atom. The summed E-state index contributed by atoms with van der Waals surface area (Å²) in [5.41, 5.74) is 2.87. The van der Waals surface area contributed by atoms with Crippen molar-refractivity contribution in [3.05, 3.63) is 108 Å². The van der Waals surface area contributed by atoms with E-state index in [1.54, 1.807) is 0 Å². The van der Waals surface area contributed by atoms with Gasteiger partial charge >= 0.3 is 0 Å². The zero-order chi connectivity index (χ0) is 34.1. The van der Waals surface area contributed by atoms with Crippen LogP contribution >= 0.6 is 0 Å². The third-order valence-corrected chi connectivity index (χ3v) is 10.7. The molecule has 0 saturated carbocycles. The largest absolute Gasteiger partial charge is 0.381 e. The van der Waals surface area contributed by atoms with Crippen LogP contribution in [0, 0.1) is 0 Å². The molecule has 258 valence electrons. The molecule has 50 heavy (non-hydrogen) atoms. The Labute approximate surface area is 298 Å². The molecule has 0 amide bonds. The van der Waals surface area contributed by atoms with Gasteiger partial charge in [-0.3, -0.25) is 0 Å². The van der Waals surface area contributed by atoms with Crippen LogP contribution in [0.4, 0.5) is 0 Å². The van der Waals surface area contributed by atoms with Gasteiger partial charge in [0.1, 0.15) is 0 Å². The summed E-state index contributed by atoms with van der Waals surface area (Å²) < 4.78 is 11.5. The minimum Gasteiger partial charge on any atom is -0.381 e. The van der Waals surface area contributed by atoms with Gasteiger partial charge < -0.3 is 9.47 Å². The molecule has 0 N–H and O–H groups in total. The molecule has 0 heterocycles. The number of aryl methyl sites for hydroxylation is 2. The monoisotopic (exact) mass is 662 g/mol. The number of unbranched alkanes of at least 4 members (excludes halogenated alkanes) is 6. The summed E-state index contributed by atoms with van der Waals surface area (Å²) in [6.07, 6.45) is 14.2. The Balaban J connectivity index is 1.12. The molecular weight excluding hydrogens is 609 g/mol. The van der Waals surface area contributed by atoms with Gasteiger partial charge in [-0.1, -0.05) is 137 Å². The molecule has 7 aromatic rings. The van der Waals surface area contributed by atoms with Crippen LogP contribution in [0.15, 0.2) is 97.1 Å². The van der Waals surface area contributed by atoms with Crippen molar-refractivity contribution in [2.24, 2.45) is 0 Å². The number of hydrogen-bond donors (Lipinski definition) is 0. The number of hydrogen-bond acceptors (Lipinski definition) is 2. The fourth-order valence-corrected chi connectivity index (χ4v) is 7.84. The van der Waals surface area contributed by atoms with Gasteiger partial charge in [0.05, 0.1) is 0 Å². The molecule has 0 bridgehead atoms. The Hall–Kier alpha value is -3.98. The maximum Gasteiger partial charge on any atom is 0.0466 e. The molecule has 0 spiro atoms. The van der Waals surface area contributed by atoms with E-state index in [1.807, 2.05) is 0 Å². The summed E-state index contributed by atoms with van der Waals surface area (Å²) in [5, 5.41) is 16.1. The van der Waals surface area contributed by atoms with Crippen LogP contribution in [-0.4, -0.2) is 26.4 Å². The van der Waals surface area contributed by atoms with Crippen molar-refractivity contribution < 1.29 is 9.47 Å². The van der Waals surface area contributed by atoms with Crippen molar-refractivity contribution in [1.29, 1.82) is 0 Å². The van der Waals surface area contributed by atoms with Gasteiger partial charge in [-0.15, -0.1) is 0 Å². The van der Waals surface area contributed by atoms with Gasteiger partial charge in [0, 0.05) is 26.4 Å². The first kappa shape index (κ1) is 34.5. The molecule has 0 aliphatic rings. The third-order valence-electron chi connectivity index (χ3n) is 10.7. The van der Waals surface area contributed by atoms with Gasteiger partial charge in [-0.2, -0.15) is 0 Å². The molecule has 0 radical (unpaired) electrons. The molecule has 0 aliphatic carbocycles. The van der Waals surface area contributed by atoms with Crippen LogP contribution in [0.3, 0.4) is 0 Å². The highest BCUT2D eigenvalue weighted by Gasteiger charge is 2.11. The molecule has 0 unspecified atom stereocenters. The van der Waals surface area contributed by atoms with E-state index in [1.165, 1.54) is 127 Å². The predicted molar refractivity (Wildman–Crippen MR) is 218 cm³/mol. The summed E-state index contributed by atoms with van der Waals surface area (Å²) in [4.78, 5) is 0. The van der Waals surface area contributed by atoms with Crippen molar-refractivity contribution in [1.82, 2.24) is 0 Å². The molecule has 2 heteroatoms. The molecule has 0 saturated heterocycles. The topological polar surface area (TPSA) is 18.5 Å². The maximum atomic E-state index is 5.76. The van der Waals surface area contributed by atoms with E-state index in [0.717, 1.165) is 52.1 Å². The first-order valence-corrected chi connectivity index (χ1v) is 19.6. The second-order valence-electron chi connectivity index (χ2n) is 14.4. The zero-order valence-electron chi connectivity index (χ0n) is 30.4. The van der Waals surface area contributed by atoms with E-state index in [0.29, 0.717) is 0 Å². The highest BCUT2D eigenvalue weighted by Crippen LogP contribution is 2.39. The Morgan fingerprint density at radius 3 is 1.02 bits per heavy atom. The standard InChI is InChI=1S/C48H54O2/c1-3-5-29-49-31-11-7-9-13-35-15-17-37-19-21-39-41-23-24-42-40-22-20-38-18-16-36(14-10-8-12-32-50-30-6-4-2)34-48(38)46(40)28-26-44(42)43(41)25-27-45(39)47(37)33-35/h15-28,33-34H,3-14,29-32H2,1-2H3. The van der Waals surface area contributed by atoms with Crippen molar-refractivity contribution in [2.45, 2.75) is 90.9 Å². The Morgan fingerprint density at radius 2 is 0.640 bits per heavy atom. The molecular formula is C48H54O2. The summed E-state index contributed by atoms with van der Waals surface area (Å²) in [6.45, 7) is 8.04. The van der Waals surface area contributed by atoms with Crippen molar-refractivity contribution in [3.8, 4) is 0 Å². The van der Waals surface area contributed by atoms with Gasteiger partial charge in [-0.05, 0) is 127 Å². The van der Waals surface area contributed by atoms with E-state index in [9.17, 15) is 0 Å². The average Bonchev–Trinajstić information content (AvgIpc) is 3.16. The minimum absolute atomic E-state index is 0.896. The molecule has 0 atom stereocenters. The summed E-state index contributed by atoms with van der Waals surface area (Å²) >= 11 is 0. The Bertz CT molecular complexity index is 2050. The van der Waals surface area contributed by atoms with Gasteiger partial charge in [0.25, 0.3) is 0 Å². The zero-order valence-corrected chi connectivity index (χ0v) is 30.4. The SMILES string of the molecule is CCCCOCCCCCc1ccc2ccc3c(ccc4c3ccc3c5ccc6ccc(CCCCCOCCCC)cc6c5ccc34)c2c1. The van der Waals surface area contributed by atoms with Gasteiger partial charge in [0.2, 0.25) is 0 Å². The number of ether oxygens (including phenoxy) is 2. The van der Waals surface area contributed by atoms with E-state index in [-0.39, 0.29) is 0 Å². The van der Waals surface area contributed by atoms with Crippen molar-refractivity contribution >= 4 is 64.6 Å². The number of fused-ring (bicyclic) bond motifs is 11. The Kier molecular flexibility index (Phi) is 11.6. The van der Waals surface area contributed by atoms with E-state index >= 15 is 0 Å². The molecule has 0 aromatic heterocycles. The first-order chi connectivity index (χ1) is 24.7. The molecule has 7 aromatic carbocycles. The summed E-state index contributed by atoms with van der Waals surface area (Å²) in [7, 11) is 0. The van der Waals surface area contributed by atoms with Gasteiger partial charge in [-0.25, -0.2) is 0 Å². The van der Waals surface area contributed by atoms with Crippen LogP contribution < -0.4 is 0 Å². The highest BCUT2D eigenvalue weighted by atomic mass is 16.5. The lowest BCUT2D eigenvalue weighted by atomic mass is 9.90. The number of rotatable bonds is 18. The van der Waals surface area contributed by atoms with E-state index < -0.39 is 0 Å². The quantitative estimate of drug-likeness (QED) is 0.0672. The van der Waals surface area contributed by atoms with Crippen molar-refractivity contribution in [2.75, 3.05) is 26.4 Å². The molecule has 0 fully saturated rings. The summed E-state index contributed by atoms with van der Waals surface area (Å²) in [6, 6.07) is 37.6. The second-order valence-corrected chi connectivity index (χ2v) is 14.4. The average molecular weight is 663 g/mol. The van der Waals surface area contributed by atoms with Crippen LogP contribution in [0.25, 0.3) is 64.6 Å². The minimum atomic E-state index is 0.896. The lowest BCUT2D eigenvalue weighted by Crippen LogP contribution is -1.97. The van der Waals surface area contributed by atoms with Crippen LogP contribution in [0.2, 0.25) is 0 Å².